The third-order valence-electron chi connectivity index (χ3n) is 5.66. The lowest BCUT2D eigenvalue weighted by atomic mass is 9.87. The second-order valence-electron chi connectivity index (χ2n) is 9.46. The number of para-hydroxylation sites is 1. The zero-order valence-electron chi connectivity index (χ0n) is 20.3. The van der Waals surface area contributed by atoms with Crippen molar-refractivity contribution < 1.29 is 4.79 Å². The van der Waals surface area contributed by atoms with Crippen molar-refractivity contribution in [2.75, 3.05) is 11.1 Å². The van der Waals surface area contributed by atoms with Gasteiger partial charge in [-0.25, -0.2) is 0 Å². The molecule has 1 N–H and O–H groups in total. The number of rotatable bonds is 6. The zero-order valence-corrected chi connectivity index (χ0v) is 21.1. The average molecular weight is 471 g/mol. The minimum Gasteiger partial charge on any atom is -0.325 e. The smallest absolute Gasteiger partial charge is 0.234 e. The quantitative estimate of drug-likeness (QED) is 0.323. The topological polar surface area (TPSA) is 59.8 Å². The Morgan fingerprint density at radius 3 is 2.32 bits per heavy atom. The largest absolute Gasteiger partial charge is 0.325 e. The first-order valence-corrected chi connectivity index (χ1v) is 12.3. The Kier molecular flexibility index (Phi) is 6.89. The van der Waals surface area contributed by atoms with Gasteiger partial charge in [0.05, 0.1) is 5.75 Å². The number of thioether (sulfide) groups is 1. The molecule has 0 unspecified atom stereocenters. The number of anilines is 1. The van der Waals surface area contributed by atoms with Crippen LogP contribution in [0.1, 0.15) is 37.5 Å². The van der Waals surface area contributed by atoms with Gasteiger partial charge in [0.15, 0.2) is 11.0 Å². The summed E-state index contributed by atoms with van der Waals surface area (Å²) < 4.78 is 2.02. The molecule has 34 heavy (non-hydrogen) atoms. The molecule has 1 aromatic heterocycles. The van der Waals surface area contributed by atoms with E-state index in [0.29, 0.717) is 5.16 Å². The molecule has 6 heteroatoms. The summed E-state index contributed by atoms with van der Waals surface area (Å²) in [7, 11) is 0. The molecule has 0 saturated heterocycles. The van der Waals surface area contributed by atoms with Gasteiger partial charge in [-0.3, -0.25) is 9.36 Å². The Balaban J connectivity index is 1.60. The van der Waals surface area contributed by atoms with Crippen LogP contribution in [0.5, 0.6) is 0 Å². The molecule has 0 aliphatic carbocycles. The second kappa shape index (κ2) is 9.85. The molecule has 0 spiro atoms. The SMILES string of the molecule is Cc1ccc(C)c(NC(=O)CSc2nnc(-c3ccc(C(C)(C)C)cc3)n2-c2ccccc2)c1. The number of carbonyl (C=O) groups is 1. The van der Waals surface area contributed by atoms with E-state index in [2.05, 4.69) is 60.6 Å². The van der Waals surface area contributed by atoms with Crippen molar-refractivity contribution in [3.8, 4) is 17.1 Å². The molecule has 1 heterocycles. The standard InChI is InChI=1S/C28H30N4OS/c1-19-11-12-20(2)24(17-19)29-25(33)18-34-27-31-30-26(32(27)23-9-7-6-8-10-23)21-13-15-22(16-14-21)28(3,4)5/h6-17H,18H2,1-5H3,(H,29,33). The molecule has 5 nitrogen and oxygen atoms in total. The number of aromatic nitrogens is 3. The molecule has 174 valence electrons. The third kappa shape index (κ3) is 5.39. The van der Waals surface area contributed by atoms with Gasteiger partial charge in [0.25, 0.3) is 0 Å². The average Bonchev–Trinajstić information content (AvgIpc) is 3.24. The highest BCUT2D eigenvalue weighted by Gasteiger charge is 2.19. The molecule has 3 aromatic carbocycles. The van der Waals surface area contributed by atoms with Crippen LogP contribution in [-0.2, 0) is 10.2 Å². The van der Waals surface area contributed by atoms with E-state index in [1.54, 1.807) is 0 Å². The summed E-state index contributed by atoms with van der Waals surface area (Å²) in [5.41, 5.74) is 6.28. The lowest BCUT2D eigenvalue weighted by Gasteiger charge is -2.19. The number of aryl methyl sites for hydroxylation is 2. The lowest BCUT2D eigenvalue weighted by molar-refractivity contribution is -0.113. The van der Waals surface area contributed by atoms with Crippen molar-refractivity contribution >= 4 is 23.4 Å². The number of nitrogens with one attached hydrogen (secondary N) is 1. The molecular weight excluding hydrogens is 440 g/mol. The van der Waals surface area contributed by atoms with Crippen LogP contribution in [0.2, 0.25) is 0 Å². The van der Waals surface area contributed by atoms with Gasteiger partial charge in [-0.15, -0.1) is 10.2 Å². The Bertz CT molecular complexity index is 1290. The van der Waals surface area contributed by atoms with E-state index in [-0.39, 0.29) is 17.1 Å². The first-order chi connectivity index (χ1) is 16.2. The van der Waals surface area contributed by atoms with Gasteiger partial charge in [0, 0.05) is 16.9 Å². The molecule has 0 fully saturated rings. The van der Waals surface area contributed by atoms with Crippen LogP contribution in [0.4, 0.5) is 5.69 Å². The third-order valence-corrected chi connectivity index (χ3v) is 6.59. The molecule has 4 rings (SSSR count). The molecule has 1 amide bonds. The highest BCUT2D eigenvalue weighted by molar-refractivity contribution is 7.99. The van der Waals surface area contributed by atoms with Crippen LogP contribution < -0.4 is 5.32 Å². The fourth-order valence-electron chi connectivity index (χ4n) is 3.67. The Morgan fingerprint density at radius 1 is 0.941 bits per heavy atom. The Morgan fingerprint density at radius 2 is 1.65 bits per heavy atom. The maximum atomic E-state index is 12.7. The van der Waals surface area contributed by atoms with Crippen molar-refractivity contribution in [2.45, 2.75) is 45.2 Å². The number of hydrogen-bond donors (Lipinski definition) is 1. The normalized spacial score (nSPS) is 11.4. The Labute approximate surface area is 205 Å². The fraction of sp³-hybridized carbons (Fsp3) is 0.250. The van der Waals surface area contributed by atoms with Crippen molar-refractivity contribution in [3.63, 3.8) is 0 Å². The summed E-state index contributed by atoms with van der Waals surface area (Å²) in [6.07, 6.45) is 0. The summed E-state index contributed by atoms with van der Waals surface area (Å²) in [5.74, 6) is 0.919. The van der Waals surface area contributed by atoms with Crippen LogP contribution in [-0.4, -0.2) is 26.4 Å². The maximum Gasteiger partial charge on any atom is 0.234 e. The minimum atomic E-state index is -0.0719. The first kappa shape index (κ1) is 23.8. The van der Waals surface area contributed by atoms with Gasteiger partial charge in [-0.05, 0) is 54.2 Å². The zero-order chi connectivity index (χ0) is 24.3. The van der Waals surface area contributed by atoms with E-state index in [1.165, 1.54) is 17.3 Å². The van der Waals surface area contributed by atoms with E-state index < -0.39 is 0 Å². The summed E-state index contributed by atoms with van der Waals surface area (Å²) in [5, 5.41) is 12.6. The van der Waals surface area contributed by atoms with Gasteiger partial charge < -0.3 is 5.32 Å². The monoisotopic (exact) mass is 470 g/mol. The van der Waals surface area contributed by atoms with Crippen LogP contribution >= 0.6 is 11.8 Å². The van der Waals surface area contributed by atoms with Crippen molar-refractivity contribution in [2.24, 2.45) is 0 Å². The molecular formula is C28H30N4OS. The number of benzene rings is 3. The highest BCUT2D eigenvalue weighted by Crippen LogP contribution is 2.30. The molecule has 4 aromatic rings. The van der Waals surface area contributed by atoms with Crippen molar-refractivity contribution in [1.29, 1.82) is 0 Å². The van der Waals surface area contributed by atoms with Gasteiger partial charge in [-0.2, -0.15) is 0 Å². The number of nitrogens with zero attached hydrogens (tertiary/aromatic N) is 3. The molecule has 0 aliphatic heterocycles. The molecule has 0 saturated carbocycles. The Hall–Kier alpha value is -3.38. The van der Waals surface area contributed by atoms with Crippen LogP contribution in [0.15, 0.2) is 78.0 Å². The number of hydrogen-bond acceptors (Lipinski definition) is 4. The van der Waals surface area contributed by atoms with Gasteiger partial charge in [-0.1, -0.05) is 87.1 Å². The van der Waals surface area contributed by atoms with Crippen LogP contribution in [0.3, 0.4) is 0 Å². The summed E-state index contributed by atoms with van der Waals surface area (Å²) in [6, 6.07) is 24.5. The van der Waals surface area contributed by atoms with Crippen molar-refractivity contribution in [1.82, 2.24) is 14.8 Å². The molecule has 0 aliphatic rings. The minimum absolute atomic E-state index is 0.0719. The van der Waals surface area contributed by atoms with Gasteiger partial charge in [0.1, 0.15) is 0 Å². The highest BCUT2D eigenvalue weighted by atomic mass is 32.2. The first-order valence-electron chi connectivity index (χ1n) is 11.3. The second-order valence-corrected chi connectivity index (χ2v) is 10.4. The summed E-state index contributed by atoms with van der Waals surface area (Å²) >= 11 is 1.38. The van der Waals surface area contributed by atoms with Gasteiger partial charge >= 0.3 is 0 Å². The molecule has 0 atom stereocenters. The molecule has 0 radical (unpaired) electrons. The van der Waals surface area contributed by atoms with E-state index >= 15 is 0 Å². The maximum absolute atomic E-state index is 12.7. The van der Waals surface area contributed by atoms with E-state index in [0.717, 1.165) is 33.9 Å². The van der Waals surface area contributed by atoms with Crippen LogP contribution in [0.25, 0.3) is 17.1 Å². The number of carbonyl (C=O) groups excluding carboxylic acids is 1. The number of amides is 1. The summed E-state index contributed by atoms with van der Waals surface area (Å²) in [6.45, 7) is 10.6. The van der Waals surface area contributed by atoms with E-state index in [9.17, 15) is 4.79 Å². The fourth-order valence-corrected chi connectivity index (χ4v) is 4.42. The molecule has 0 bridgehead atoms. The van der Waals surface area contributed by atoms with Crippen molar-refractivity contribution in [3.05, 3.63) is 89.5 Å². The van der Waals surface area contributed by atoms with E-state index in [4.69, 9.17) is 0 Å². The predicted octanol–water partition coefficient (Wildman–Crippen LogP) is 6.58. The lowest BCUT2D eigenvalue weighted by Crippen LogP contribution is -2.15. The van der Waals surface area contributed by atoms with E-state index in [1.807, 2.05) is 66.9 Å². The van der Waals surface area contributed by atoms with Crippen LogP contribution in [0, 0.1) is 13.8 Å². The van der Waals surface area contributed by atoms with Gasteiger partial charge in [0.2, 0.25) is 5.91 Å². The predicted molar refractivity (Wildman–Crippen MR) is 141 cm³/mol. The summed E-state index contributed by atoms with van der Waals surface area (Å²) in [4.78, 5) is 12.7.